The third kappa shape index (κ3) is 5.73. The van der Waals surface area contributed by atoms with Gasteiger partial charge in [-0.05, 0) is 55.3 Å². The van der Waals surface area contributed by atoms with Gasteiger partial charge in [-0.1, -0.05) is 23.5 Å². The molecule has 0 N–H and O–H groups in total. The molecule has 4 rings (SSSR count). The van der Waals surface area contributed by atoms with Crippen LogP contribution >= 0.6 is 11.3 Å². The normalized spacial score (nSPS) is 14.5. The van der Waals surface area contributed by atoms with Crippen LogP contribution in [0.4, 0.5) is 0 Å². The average Bonchev–Trinajstić information content (AvgIpc) is 3.24. The number of esters is 2. The second-order valence-electron chi connectivity index (χ2n) is 8.25. The van der Waals surface area contributed by atoms with Gasteiger partial charge in [-0.15, -0.1) is 0 Å². The van der Waals surface area contributed by atoms with Crippen LogP contribution in [0.1, 0.15) is 37.9 Å². The van der Waals surface area contributed by atoms with Crippen LogP contribution in [-0.2, 0) is 14.3 Å². The smallest absolute Gasteiger partial charge is 0.337 e. The van der Waals surface area contributed by atoms with E-state index in [0.717, 1.165) is 0 Å². The van der Waals surface area contributed by atoms with E-state index in [-0.39, 0.29) is 16.9 Å². The highest BCUT2D eigenvalue weighted by Crippen LogP contribution is 2.35. The summed E-state index contributed by atoms with van der Waals surface area (Å²) in [7, 11) is 2.74. The fraction of sp³-hybridized carbons (Fsp3) is 0.286. The van der Waals surface area contributed by atoms with Crippen LogP contribution in [0.2, 0.25) is 0 Å². The number of methoxy groups -OCH3 is 2. The molecule has 0 saturated carbocycles. The molecule has 0 radical (unpaired) electrons. The van der Waals surface area contributed by atoms with E-state index < -0.39 is 18.0 Å². The number of rotatable bonds is 9. The predicted molar refractivity (Wildman–Crippen MR) is 144 cm³/mol. The van der Waals surface area contributed by atoms with Crippen LogP contribution in [-0.4, -0.2) is 43.9 Å². The van der Waals surface area contributed by atoms with Crippen LogP contribution < -0.4 is 33.8 Å². The second kappa shape index (κ2) is 12.0. The number of carbonyl (C=O) groups excluding carboxylic acids is 2. The highest BCUT2D eigenvalue weighted by molar-refractivity contribution is 7.07. The molecular weight excluding hydrogens is 524 g/mol. The van der Waals surface area contributed by atoms with Crippen molar-refractivity contribution in [1.82, 2.24) is 4.57 Å². The van der Waals surface area contributed by atoms with Gasteiger partial charge in [-0.2, -0.15) is 0 Å². The summed E-state index contributed by atoms with van der Waals surface area (Å²) in [5.41, 5.74) is 1.15. The Kier molecular flexibility index (Phi) is 8.50. The van der Waals surface area contributed by atoms with Crippen LogP contribution in [0.15, 0.2) is 58.0 Å². The molecule has 3 aromatic rings. The van der Waals surface area contributed by atoms with E-state index >= 15 is 0 Å². The van der Waals surface area contributed by atoms with Crippen molar-refractivity contribution in [2.24, 2.45) is 4.99 Å². The average molecular weight is 553 g/mol. The molecule has 204 valence electrons. The highest BCUT2D eigenvalue weighted by atomic mass is 32.1. The Morgan fingerprint density at radius 1 is 1.00 bits per heavy atom. The van der Waals surface area contributed by atoms with Crippen LogP contribution in [0, 0.1) is 0 Å². The zero-order chi connectivity index (χ0) is 28.1. The third-order valence-electron chi connectivity index (χ3n) is 5.75. The molecule has 1 atom stereocenters. The number of hydrogen-bond acceptors (Lipinski definition) is 10. The summed E-state index contributed by atoms with van der Waals surface area (Å²) < 4.78 is 28.8. The standard InChI is InChI=1S/C28H28N2O8S/c1-6-36-20-11-9-18(14-23(20)37-7-2)25-19(27(33)35-5)15-29-28-30(25)26(32)24(39-28)13-17-8-10-21(38-16(3)31)22(12-17)34-4/h8-15,25H,6-7H2,1-5H3/b24-13-/t25-/m1/s1. The van der Waals surface area contributed by atoms with Crippen molar-refractivity contribution in [1.29, 1.82) is 0 Å². The Bertz CT molecular complexity index is 1620. The SMILES string of the molecule is CCOc1ccc([C@@H]2C(C(=O)OC)=CN=c3s/c(=C\c4ccc(OC(C)=O)c(OC)c4)c(=O)n32)cc1OCC. The van der Waals surface area contributed by atoms with Crippen LogP contribution in [0.3, 0.4) is 0 Å². The fourth-order valence-electron chi connectivity index (χ4n) is 4.15. The molecule has 0 saturated heterocycles. The van der Waals surface area contributed by atoms with Gasteiger partial charge in [0, 0.05) is 13.1 Å². The summed E-state index contributed by atoms with van der Waals surface area (Å²) in [5.74, 6) is 0.598. The Labute approximate surface area is 228 Å². The number of thiazole rings is 1. The van der Waals surface area contributed by atoms with E-state index in [1.54, 1.807) is 42.5 Å². The quantitative estimate of drug-likeness (QED) is 0.294. The molecule has 0 spiro atoms. The minimum atomic E-state index is -0.799. The van der Waals surface area contributed by atoms with Gasteiger partial charge in [0.05, 0.1) is 43.6 Å². The second-order valence-corrected chi connectivity index (χ2v) is 9.26. The monoisotopic (exact) mass is 552 g/mol. The Balaban J connectivity index is 1.86. The van der Waals surface area contributed by atoms with Crippen molar-refractivity contribution in [3.63, 3.8) is 0 Å². The minimum Gasteiger partial charge on any atom is -0.493 e. The largest absolute Gasteiger partial charge is 0.493 e. The summed E-state index contributed by atoms with van der Waals surface area (Å²) in [5, 5.41) is 0. The van der Waals surface area contributed by atoms with E-state index in [9.17, 15) is 14.4 Å². The summed E-state index contributed by atoms with van der Waals surface area (Å²) in [6, 6.07) is 9.47. The maximum atomic E-state index is 13.8. The summed E-state index contributed by atoms with van der Waals surface area (Å²) in [6.07, 6.45) is 3.12. The van der Waals surface area contributed by atoms with E-state index in [0.29, 0.717) is 50.9 Å². The number of hydrogen-bond donors (Lipinski definition) is 0. The van der Waals surface area contributed by atoms with Crippen molar-refractivity contribution in [3.8, 4) is 23.0 Å². The number of benzene rings is 2. The summed E-state index contributed by atoms with van der Waals surface area (Å²) in [6.45, 7) is 5.90. The molecule has 0 aliphatic carbocycles. The number of ether oxygens (including phenoxy) is 5. The maximum Gasteiger partial charge on any atom is 0.337 e. The van der Waals surface area contributed by atoms with Gasteiger partial charge >= 0.3 is 11.9 Å². The molecular formula is C28H28N2O8S. The topological polar surface area (TPSA) is 115 Å². The predicted octanol–water partition coefficient (Wildman–Crippen LogP) is 2.75. The lowest BCUT2D eigenvalue weighted by molar-refractivity contribution is -0.136. The van der Waals surface area contributed by atoms with E-state index in [2.05, 4.69) is 4.99 Å². The minimum absolute atomic E-state index is 0.204. The first-order valence-electron chi connectivity index (χ1n) is 12.2. The molecule has 0 bridgehead atoms. The summed E-state index contributed by atoms with van der Waals surface area (Å²) in [4.78, 5) is 42.7. The Morgan fingerprint density at radius 3 is 2.38 bits per heavy atom. The van der Waals surface area contributed by atoms with Crippen molar-refractivity contribution in [3.05, 3.63) is 79.0 Å². The lowest BCUT2D eigenvalue weighted by atomic mass is 9.97. The fourth-order valence-corrected chi connectivity index (χ4v) is 5.12. The maximum absolute atomic E-state index is 13.8. The van der Waals surface area contributed by atoms with Crippen LogP contribution in [0.5, 0.6) is 23.0 Å². The molecule has 11 heteroatoms. The van der Waals surface area contributed by atoms with E-state index in [1.165, 1.54) is 43.2 Å². The van der Waals surface area contributed by atoms with Gasteiger partial charge in [0.25, 0.3) is 5.56 Å². The lowest BCUT2D eigenvalue weighted by Gasteiger charge is -2.23. The van der Waals surface area contributed by atoms with Crippen LogP contribution in [0.25, 0.3) is 6.08 Å². The molecule has 1 aromatic heterocycles. The Morgan fingerprint density at radius 2 is 1.72 bits per heavy atom. The van der Waals surface area contributed by atoms with E-state index in [1.807, 2.05) is 13.8 Å². The molecule has 0 unspecified atom stereocenters. The summed E-state index contributed by atoms with van der Waals surface area (Å²) >= 11 is 1.18. The van der Waals surface area contributed by atoms with Crippen molar-refractivity contribution in [2.45, 2.75) is 26.8 Å². The highest BCUT2D eigenvalue weighted by Gasteiger charge is 2.31. The van der Waals surface area contributed by atoms with Gasteiger partial charge < -0.3 is 23.7 Å². The third-order valence-corrected chi connectivity index (χ3v) is 6.74. The van der Waals surface area contributed by atoms with Gasteiger partial charge in [-0.3, -0.25) is 14.2 Å². The zero-order valence-electron chi connectivity index (χ0n) is 22.2. The van der Waals surface area contributed by atoms with Crippen molar-refractivity contribution < 1.29 is 33.3 Å². The van der Waals surface area contributed by atoms with Gasteiger partial charge in [0.1, 0.15) is 0 Å². The number of nitrogens with zero attached hydrogens (tertiary/aromatic N) is 2. The molecule has 10 nitrogen and oxygen atoms in total. The molecule has 2 aromatic carbocycles. The van der Waals surface area contributed by atoms with Gasteiger partial charge in [0.2, 0.25) is 0 Å². The first-order valence-corrected chi connectivity index (χ1v) is 13.0. The molecule has 2 heterocycles. The molecule has 39 heavy (non-hydrogen) atoms. The number of aromatic nitrogens is 1. The molecule has 0 amide bonds. The van der Waals surface area contributed by atoms with Gasteiger partial charge in [0.15, 0.2) is 27.8 Å². The molecule has 1 aliphatic heterocycles. The van der Waals surface area contributed by atoms with Crippen molar-refractivity contribution in [2.75, 3.05) is 27.4 Å². The molecule has 1 aliphatic rings. The first kappa shape index (κ1) is 27.6. The lowest BCUT2D eigenvalue weighted by Crippen LogP contribution is -2.39. The van der Waals surface area contributed by atoms with Gasteiger partial charge in [-0.25, -0.2) is 9.79 Å². The van der Waals surface area contributed by atoms with E-state index in [4.69, 9.17) is 23.7 Å². The van der Waals surface area contributed by atoms with Crippen molar-refractivity contribution >= 4 is 29.4 Å². The number of carbonyl (C=O) groups is 2. The first-order chi connectivity index (χ1) is 18.8. The Hall–Kier alpha value is -4.38. The zero-order valence-corrected chi connectivity index (χ0v) is 23.0. The number of fused-ring (bicyclic) bond motifs is 1. The molecule has 0 fully saturated rings.